The molecule has 0 amide bonds. The maximum atomic E-state index is 6.11. The van der Waals surface area contributed by atoms with Crippen molar-refractivity contribution >= 4 is 11.8 Å². The lowest BCUT2D eigenvalue weighted by atomic mass is 9.97. The Morgan fingerprint density at radius 1 is 1.06 bits per heavy atom. The average Bonchev–Trinajstić information content (AvgIpc) is 2.75. The molecule has 1 heterocycles. The first-order chi connectivity index (χ1) is 7.88. The van der Waals surface area contributed by atoms with E-state index < -0.39 is 0 Å². The molecule has 1 atom stereocenters. The summed E-state index contributed by atoms with van der Waals surface area (Å²) in [4.78, 5) is 0.165. The molecule has 2 fully saturated rings. The van der Waals surface area contributed by atoms with E-state index in [2.05, 4.69) is 42.1 Å². The van der Waals surface area contributed by atoms with E-state index in [0.717, 1.165) is 6.61 Å². The summed E-state index contributed by atoms with van der Waals surface area (Å²) in [6.07, 6.45) is 6.58. The van der Waals surface area contributed by atoms with E-state index in [-0.39, 0.29) is 4.93 Å². The predicted octanol–water partition coefficient (Wildman–Crippen LogP) is 4.15. The van der Waals surface area contributed by atoms with Crippen LogP contribution in [0.1, 0.15) is 42.9 Å². The molecule has 1 spiro atoms. The topological polar surface area (TPSA) is 9.23 Å². The molecule has 0 aromatic heterocycles. The van der Waals surface area contributed by atoms with Crippen LogP contribution in [-0.4, -0.2) is 11.5 Å². The fraction of sp³-hybridized carbons (Fsp3) is 0.571. The van der Waals surface area contributed by atoms with Gasteiger partial charge in [0.2, 0.25) is 0 Å². The Labute approximate surface area is 102 Å². The van der Waals surface area contributed by atoms with E-state index in [4.69, 9.17) is 4.74 Å². The fourth-order valence-corrected chi connectivity index (χ4v) is 4.35. The lowest BCUT2D eigenvalue weighted by molar-refractivity contribution is 0.0188. The van der Waals surface area contributed by atoms with Crippen LogP contribution < -0.4 is 0 Å². The molecule has 1 aromatic carbocycles. The molecule has 1 nitrogen and oxygen atoms in total. The van der Waals surface area contributed by atoms with Crippen molar-refractivity contribution in [1.29, 1.82) is 0 Å². The minimum Gasteiger partial charge on any atom is -0.363 e. The molecule has 1 aliphatic carbocycles. The van der Waals surface area contributed by atoms with Crippen molar-refractivity contribution in [2.24, 2.45) is 0 Å². The van der Waals surface area contributed by atoms with E-state index in [1.807, 2.05) is 0 Å². The molecule has 1 unspecified atom stereocenters. The Kier molecular flexibility index (Phi) is 2.95. The molecule has 3 rings (SSSR count). The molecule has 2 aliphatic rings. The van der Waals surface area contributed by atoms with E-state index in [1.54, 1.807) is 0 Å². The Bertz CT molecular complexity index is 343. The number of thioether (sulfide) groups is 1. The quantitative estimate of drug-likeness (QED) is 0.722. The minimum absolute atomic E-state index is 0.165. The predicted molar refractivity (Wildman–Crippen MR) is 68.5 cm³/mol. The van der Waals surface area contributed by atoms with Crippen molar-refractivity contribution in [3.63, 3.8) is 0 Å². The van der Waals surface area contributed by atoms with Crippen molar-refractivity contribution < 1.29 is 4.74 Å². The molecule has 86 valence electrons. The van der Waals surface area contributed by atoms with Gasteiger partial charge in [-0.25, -0.2) is 0 Å². The summed E-state index contributed by atoms with van der Waals surface area (Å²) in [5, 5.41) is 0.555. The van der Waals surface area contributed by atoms with Gasteiger partial charge in [-0.2, -0.15) is 0 Å². The first-order valence-electron chi connectivity index (χ1n) is 6.25. The van der Waals surface area contributed by atoms with Gasteiger partial charge in [-0.15, -0.1) is 11.8 Å². The SMILES string of the molecule is c1ccc(C2COC3(CCCCC3)S2)cc1. The molecule has 16 heavy (non-hydrogen) atoms. The van der Waals surface area contributed by atoms with Crippen molar-refractivity contribution in [3.05, 3.63) is 35.9 Å². The molecule has 0 bridgehead atoms. The summed E-state index contributed by atoms with van der Waals surface area (Å²) in [5.41, 5.74) is 1.43. The van der Waals surface area contributed by atoms with Crippen molar-refractivity contribution in [3.8, 4) is 0 Å². The van der Waals surface area contributed by atoms with E-state index >= 15 is 0 Å². The first-order valence-corrected chi connectivity index (χ1v) is 7.13. The highest BCUT2D eigenvalue weighted by atomic mass is 32.2. The number of hydrogen-bond donors (Lipinski definition) is 0. The zero-order chi connectivity index (χ0) is 10.8. The Balaban J connectivity index is 1.73. The Morgan fingerprint density at radius 3 is 2.56 bits per heavy atom. The molecule has 1 aromatic rings. The van der Waals surface area contributed by atoms with Crippen LogP contribution in [0, 0.1) is 0 Å². The third kappa shape index (κ3) is 2.01. The highest BCUT2D eigenvalue weighted by Gasteiger charge is 2.42. The number of ether oxygens (including phenoxy) is 1. The molecule has 2 heteroatoms. The number of benzene rings is 1. The van der Waals surface area contributed by atoms with Gasteiger partial charge in [0.1, 0.15) is 4.93 Å². The van der Waals surface area contributed by atoms with Gasteiger partial charge >= 0.3 is 0 Å². The smallest absolute Gasteiger partial charge is 0.114 e. The normalized spacial score (nSPS) is 28.4. The Hall–Kier alpha value is -0.470. The molecule has 1 saturated carbocycles. The molecule has 0 N–H and O–H groups in total. The van der Waals surface area contributed by atoms with Crippen LogP contribution >= 0.6 is 11.8 Å². The Morgan fingerprint density at radius 2 is 1.81 bits per heavy atom. The standard InChI is InChI=1S/C14H18OS/c1-3-7-12(8-4-1)13-11-15-14(16-13)9-5-2-6-10-14/h1,3-4,7-8,13H,2,5-6,9-11H2. The molecule has 0 radical (unpaired) electrons. The maximum Gasteiger partial charge on any atom is 0.114 e. The van der Waals surface area contributed by atoms with Gasteiger partial charge in [-0.1, -0.05) is 36.8 Å². The molecule has 1 saturated heterocycles. The van der Waals surface area contributed by atoms with E-state index in [9.17, 15) is 0 Å². The van der Waals surface area contributed by atoms with Crippen LogP contribution in [0.15, 0.2) is 30.3 Å². The fourth-order valence-electron chi connectivity index (χ4n) is 2.74. The van der Waals surface area contributed by atoms with Crippen molar-refractivity contribution in [2.75, 3.05) is 6.61 Å². The van der Waals surface area contributed by atoms with Crippen LogP contribution in [0.5, 0.6) is 0 Å². The van der Waals surface area contributed by atoms with Gasteiger partial charge in [0.05, 0.1) is 11.9 Å². The van der Waals surface area contributed by atoms with E-state index in [0.29, 0.717) is 5.25 Å². The van der Waals surface area contributed by atoms with Crippen LogP contribution in [-0.2, 0) is 4.74 Å². The first kappa shape index (κ1) is 10.7. The largest absolute Gasteiger partial charge is 0.363 e. The zero-order valence-electron chi connectivity index (χ0n) is 9.52. The lowest BCUT2D eigenvalue weighted by Crippen LogP contribution is -2.26. The lowest BCUT2D eigenvalue weighted by Gasteiger charge is -2.31. The zero-order valence-corrected chi connectivity index (χ0v) is 10.3. The summed E-state index contributed by atoms with van der Waals surface area (Å²) in [5.74, 6) is 0. The average molecular weight is 234 g/mol. The summed E-state index contributed by atoms with van der Waals surface area (Å²) in [6, 6.07) is 10.8. The minimum atomic E-state index is 0.165. The van der Waals surface area contributed by atoms with Gasteiger partial charge in [0, 0.05) is 0 Å². The third-order valence-electron chi connectivity index (χ3n) is 3.64. The van der Waals surface area contributed by atoms with Crippen LogP contribution in [0.2, 0.25) is 0 Å². The molecular weight excluding hydrogens is 216 g/mol. The monoisotopic (exact) mass is 234 g/mol. The van der Waals surface area contributed by atoms with Gasteiger partial charge in [-0.3, -0.25) is 0 Å². The number of hydrogen-bond acceptors (Lipinski definition) is 2. The van der Waals surface area contributed by atoms with E-state index in [1.165, 1.54) is 37.7 Å². The summed E-state index contributed by atoms with van der Waals surface area (Å²) in [6.45, 7) is 0.898. The highest BCUT2D eigenvalue weighted by Crippen LogP contribution is 2.53. The van der Waals surface area contributed by atoms with Crippen molar-refractivity contribution in [1.82, 2.24) is 0 Å². The third-order valence-corrected chi connectivity index (χ3v) is 5.29. The highest BCUT2D eigenvalue weighted by molar-refractivity contribution is 8.01. The van der Waals surface area contributed by atoms with Gasteiger partial charge in [0.25, 0.3) is 0 Å². The second kappa shape index (κ2) is 4.42. The number of rotatable bonds is 1. The second-order valence-electron chi connectivity index (χ2n) is 4.80. The van der Waals surface area contributed by atoms with Gasteiger partial charge < -0.3 is 4.74 Å². The van der Waals surface area contributed by atoms with Crippen LogP contribution in [0.3, 0.4) is 0 Å². The van der Waals surface area contributed by atoms with Gasteiger partial charge in [-0.05, 0) is 31.2 Å². The second-order valence-corrected chi connectivity index (χ2v) is 6.35. The summed E-state index contributed by atoms with van der Waals surface area (Å²) < 4.78 is 6.11. The summed E-state index contributed by atoms with van der Waals surface area (Å²) >= 11 is 2.06. The molecular formula is C14H18OS. The maximum absolute atomic E-state index is 6.11. The van der Waals surface area contributed by atoms with Crippen molar-refractivity contribution in [2.45, 2.75) is 42.3 Å². The van der Waals surface area contributed by atoms with Gasteiger partial charge in [0.15, 0.2) is 0 Å². The molecule has 1 aliphatic heterocycles. The van der Waals surface area contributed by atoms with Crippen LogP contribution in [0.4, 0.5) is 0 Å². The summed E-state index contributed by atoms with van der Waals surface area (Å²) in [7, 11) is 0. The van der Waals surface area contributed by atoms with Crippen LogP contribution in [0.25, 0.3) is 0 Å².